The Balaban J connectivity index is 2.03. The first-order chi connectivity index (χ1) is 9.54. The standard InChI is InChI=1S/C17H20ClNS/c1-12-4-3-5-15(8-12)11-20-17-7-6-14(9-13(2)19)10-16(17)18/h3-8,10,13H,9,11,19H2,1-2H3. The molecule has 1 nitrogen and oxygen atoms in total. The van der Waals surface area contributed by atoms with Gasteiger partial charge in [-0.3, -0.25) is 0 Å². The van der Waals surface area contributed by atoms with Gasteiger partial charge in [-0.15, -0.1) is 11.8 Å². The summed E-state index contributed by atoms with van der Waals surface area (Å²) >= 11 is 8.12. The van der Waals surface area contributed by atoms with Crippen molar-refractivity contribution in [1.29, 1.82) is 0 Å². The fourth-order valence-electron chi connectivity index (χ4n) is 2.12. The van der Waals surface area contributed by atoms with E-state index in [0.29, 0.717) is 0 Å². The molecule has 0 bridgehead atoms. The normalized spacial score (nSPS) is 12.4. The van der Waals surface area contributed by atoms with Gasteiger partial charge in [-0.25, -0.2) is 0 Å². The Kier molecular flexibility index (Phi) is 5.53. The fraction of sp³-hybridized carbons (Fsp3) is 0.294. The molecule has 0 aliphatic heterocycles. The van der Waals surface area contributed by atoms with Crippen molar-refractivity contribution in [3.05, 3.63) is 64.2 Å². The maximum Gasteiger partial charge on any atom is 0.0544 e. The second-order valence-electron chi connectivity index (χ2n) is 5.22. The molecular weight excluding hydrogens is 286 g/mol. The molecule has 0 aromatic heterocycles. The summed E-state index contributed by atoms with van der Waals surface area (Å²) in [6, 6.07) is 15.0. The van der Waals surface area contributed by atoms with Crippen LogP contribution in [-0.4, -0.2) is 6.04 Å². The van der Waals surface area contributed by atoms with Crippen LogP contribution in [0.4, 0.5) is 0 Å². The minimum atomic E-state index is 0.164. The lowest BCUT2D eigenvalue weighted by molar-refractivity contribution is 0.738. The van der Waals surface area contributed by atoms with E-state index in [9.17, 15) is 0 Å². The molecule has 3 heteroatoms. The molecule has 0 radical (unpaired) electrons. The molecule has 2 aromatic rings. The molecule has 2 aromatic carbocycles. The number of hydrogen-bond acceptors (Lipinski definition) is 2. The monoisotopic (exact) mass is 305 g/mol. The van der Waals surface area contributed by atoms with Gasteiger partial charge in [0.05, 0.1) is 5.02 Å². The van der Waals surface area contributed by atoms with Crippen LogP contribution < -0.4 is 5.73 Å². The van der Waals surface area contributed by atoms with Crippen LogP contribution >= 0.6 is 23.4 Å². The van der Waals surface area contributed by atoms with E-state index in [-0.39, 0.29) is 6.04 Å². The van der Waals surface area contributed by atoms with E-state index in [1.807, 2.05) is 13.0 Å². The molecule has 0 saturated carbocycles. The molecule has 0 aliphatic rings. The first kappa shape index (κ1) is 15.4. The van der Waals surface area contributed by atoms with Crippen molar-refractivity contribution in [3.63, 3.8) is 0 Å². The lowest BCUT2D eigenvalue weighted by Gasteiger charge is -2.09. The SMILES string of the molecule is Cc1cccc(CSc2ccc(CC(C)N)cc2Cl)c1. The fourth-order valence-corrected chi connectivity index (χ4v) is 3.35. The van der Waals surface area contributed by atoms with Crippen LogP contribution in [-0.2, 0) is 12.2 Å². The highest BCUT2D eigenvalue weighted by atomic mass is 35.5. The van der Waals surface area contributed by atoms with Gasteiger partial charge < -0.3 is 5.73 Å². The van der Waals surface area contributed by atoms with Crippen LogP contribution in [0.15, 0.2) is 47.4 Å². The van der Waals surface area contributed by atoms with Gasteiger partial charge in [-0.2, -0.15) is 0 Å². The maximum atomic E-state index is 6.35. The zero-order valence-corrected chi connectivity index (χ0v) is 13.5. The van der Waals surface area contributed by atoms with Crippen LogP contribution in [0.25, 0.3) is 0 Å². The molecular formula is C17H20ClNS. The van der Waals surface area contributed by atoms with Gasteiger partial charge >= 0.3 is 0 Å². The van der Waals surface area contributed by atoms with Gasteiger partial charge in [0.15, 0.2) is 0 Å². The molecule has 0 saturated heterocycles. The lowest BCUT2D eigenvalue weighted by Crippen LogP contribution is -2.17. The summed E-state index contributed by atoms with van der Waals surface area (Å²) in [6.45, 7) is 4.12. The number of aryl methyl sites for hydroxylation is 1. The second kappa shape index (κ2) is 7.16. The van der Waals surface area contributed by atoms with Crippen LogP contribution in [0, 0.1) is 6.92 Å². The molecule has 106 valence electrons. The molecule has 0 fully saturated rings. The minimum absolute atomic E-state index is 0.164. The molecule has 0 aliphatic carbocycles. The molecule has 0 heterocycles. The van der Waals surface area contributed by atoms with E-state index >= 15 is 0 Å². The number of rotatable bonds is 5. The summed E-state index contributed by atoms with van der Waals surface area (Å²) in [5.41, 5.74) is 9.63. The number of halogens is 1. The third-order valence-corrected chi connectivity index (χ3v) is 4.60. The summed E-state index contributed by atoms with van der Waals surface area (Å²) < 4.78 is 0. The number of thioether (sulfide) groups is 1. The number of nitrogens with two attached hydrogens (primary N) is 1. The highest BCUT2D eigenvalue weighted by Gasteiger charge is 2.05. The summed E-state index contributed by atoms with van der Waals surface area (Å²) in [5, 5.41) is 0.820. The number of benzene rings is 2. The van der Waals surface area contributed by atoms with E-state index in [2.05, 4.69) is 43.3 Å². The summed E-state index contributed by atoms with van der Waals surface area (Å²) in [6.07, 6.45) is 0.864. The molecule has 1 unspecified atom stereocenters. The first-order valence-electron chi connectivity index (χ1n) is 6.77. The molecule has 1 atom stereocenters. The van der Waals surface area contributed by atoms with Gasteiger partial charge in [-0.05, 0) is 43.5 Å². The molecule has 2 N–H and O–H groups in total. The van der Waals surface area contributed by atoms with Crippen LogP contribution in [0.1, 0.15) is 23.6 Å². The third-order valence-electron chi connectivity index (χ3n) is 3.03. The Labute approximate surface area is 130 Å². The molecule has 0 amide bonds. The summed E-state index contributed by atoms with van der Waals surface area (Å²) in [4.78, 5) is 1.13. The van der Waals surface area contributed by atoms with Crippen molar-refractivity contribution in [2.45, 2.75) is 37.0 Å². The Bertz CT molecular complexity index is 581. The van der Waals surface area contributed by atoms with Crippen molar-refractivity contribution < 1.29 is 0 Å². The van der Waals surface area contributed by atoms with Gasteiger partial charge in [0.2, 0.25) is 0 Å². The maximum absolute atomic E-state index is 6.35. The smallest absolute Gasteiger partial charge is 0.0544 e. The Morgan fingerprint density at radius 1 is 1.15 bits per heavy atom. The predicted molar refractivity (Wildman–Crippen MR) is 89.5 cm³/mol. The Hall–Kier alpha value is -0.960. The van der Waals surface area contributed by atoms with E-state index in [0.717, 1.165) is 22.1 Å². The Morgan fingerprint density at radius 3 is 2.60 bits per heavy atom. The largest absolute Gasteiger partial charge is 0.328 e. The summed E-state index contributed by atoms with van der Waals surface area (Å²) in [7, 11) is 0. The van der Waals surface area contributed by atoms with E-state index in [1.54, 1.807) is 11.8 Å². The molecule has 20 heavy (non-hydrogen) atoms. The van der Waals surface area contributed by atoms with Crippen LogP contribution in [0.2, 0.25) is 5.02 Å². The third kappa shape index (κ3) is 4.55. The number of hydrogen-bond donors (Lipinski definition) is 1. The average molecular weight is 306 g/mol. The highest BCUT2D eigenvalue weighted by molar-refractivity contribution is 7.98. The summed E-state index contributed by atoms with van der Waals surface area (Å²) in [5.74, 6) is 0.939. The predicted octanol–water partition coefficient (Wildman–Crippen LogP) is 4.83. The zero-order valence-electron chi connectivity index (χ0n) is 11.9. The van der Waals surface area contributed by atoms with Crippen molar-refractivity contribution in [2.24, 2.45) is 5.73 Å². The van der Waals surface area contributed by atoms with Gasteiger partial charge in [0.1, 0.15) is 0 Å². The van der Waals surface area contributed by atoms with Crippen molar-refractivity contribution in [2.75, 3.05) is 0 Å². The minimum Gasteiger partial charge on any atom is -0.328 e. The zero-order chi connectivity index (χ0) is 14.5. The topological polar surface area (TPSA) is 26.0 Å². The van der Waals surface area contributed by atoms with Gasteiger partial charge in [0, 0.05) is 16.7 Å². The highest BCUT2D eigenvalue weighted by Crippen LogP contribution is 2.30. The van der Waals surface area contributed by atoms with E-state index in [1.165, 1.54) is 16.7 Å². The van der Waals surface area contributed by atoms with Crippen LogP contribution in [0.5, 0.6) is 0 Å². The molecule has 0 spiro atoms. The average Bonchev–Trinajstić information content (AvgIpc) is 2.37. The Morgan fingerprint density at radius 2 is 1.95 bits per heavy atom. The van der Waals surface area contributed by atoms with Crippen molar-refractivity contribution in [3.8, 4) is 0 Å². The molecule has 2 rings (SSSR count). The second-order valence-corrected chi connectivity index (χ2v) is 6.65. The van der Waals surface area contributed by atoms with Gasteiger partial charge in [-0.1, -0.05) is 47.5 Å². The van der Waals surface area contributed by atoms with Crippen molar-refractivity contribution in [1.82, 2.24) is 0 Å². The van der Waals surface area contributed by atoms with Gasteiger partial charge in [0.25, 0.3) is 0 Å². The quantitative estimate of drug-likeness (QED) is 0.801. The van der Waals surface area contributed by atoms with E-state index < -0.39 is 0 Å². The van der Waals surface area contributed by atoms with Crippen molar-refractivity contribution >= 4 is 23.4 Å². The van der Waals surface area contributed by atoms with Crippen LogP contribution in [0.3, 0.4) is 0 Å². The van der Waals surface area contributed by atoms with E-state index in [4.69, 9.17) is 17.3 Å². The lowest BCUT2D eigenvalue weighted by atomic mass is 10.1. The first-order valence-corrected chi connectivity index (χ1v) is 8.13.